The summed E-state index contributed by atoms with van der Waals surface area (Å²) in [5, 5.41) is 2.30. The molecule has 0 unspecified atom stereocenters. The SMILES string of the molecule is CC(C)(C)c1cc(-[n+]2[c-]n(-c3cccc(Oc4ccc5c6cc(-c7ccccc7)ccc6n(-c6cc(C(C)(C)C)ccn6)c5c4)c3)c3cccc(-c4ccccc4)c32)cc(C(C)(C)C)c1. The smallest absolute Gasteiger partial charge is 0.269 e. The lowest BCUT2D eigenvalue weighted by atomic mass is 9.80. The molecule has 5 nitrogen and oxygen atoms in total. The van der Waals surface area contributed by atoms with Gasteiger partial charge >= 0.3 is 0 Å². The summed E-state index contributed by atoms with van der Waals surface area (Å²) in [6.07, 6.45) is 5.77. The summed E-state index contributed by atoms with van der Waals surface area (Å²) in [5.74, 6) is 2.35. The zero-order valence-corrected chi connectivity index (χ0v) is 38.9. The van der Waals surface area contributed by atoms with Crippen LogP contribution in [0.15, 0.2) is 176 Å². The van der Waals surface area contributed by atoms with Crippen molar-refractivity contribution in [3.8, 4) is 50.9 Å². The van der Waals surface area contributed by atoms with Gasteiger partial charge in [0.1, 0.15) is 17.3 Å². The molecule has 3 aromatic heterocycles. The largest absolute Gasteiger partial charge is 0.458 e. The Balaban J connectivity index is 1.11. The van der Waals surface area contributed by atoms with Crippen LogP contribution >= 0.6 is 0 Å². The lowest BCUT2D eigenvalue weighted by Gasteiger charge is -2.26. The molecule has 0 aliphatic heterocycles. The fraction of sp³-hybridized carbons (Fsp3) is 0.200. The van der Waals surface area contributed by atoms with Gasteiger partial charge in [0.15, 0.2) is 0 Å². The van der Waals surface area contributed by atoms with Gasteiger partial charge in [-0.05, 0) is 122 Å². The lowest BCUT2D eigenvalue weighted by molar-refractivity contribution is -0.572. The summed E-state index contributed by atoms with van der Waals surface area (Å²) in [7, 11) is 0. The van der Waals surface area contributed by atoms with Crippen LogP contribution in [0, 0.1) is 6.33 Å². The highest BCUT2D eigenvalue weighted by molar-refractivity contribution is 6.10. The molecular formula is C60H56N4O. The highest BCUT2D eigenvalue weighted by atomic mass is 16.5. The van der Waals surface area contributed by atoms with E-state index in [1.165, 1.54) is 33.2 Å². The molecule has 0 saturated heterocycles. The summed E-state index contributed by atoms with van der Waals surface area (Å²) >= 11 is 0. The van der Waals surface area contributed by atoms with Crippen LogP contribution in [0.2, 0.25) is 0 Å². The number of ether oxygens (including phenoxy) is 1. The van der Waals surface area contributed by atoms with Crippen molar-refractivity contribution in [1.29, 1.82) is 0 Å². The maximum Gasteiger partial charge on any atom is 0.269 e. The minimum atomic E-state index is -0.0433. The topological polar surface area (TPSA) is 35.9 Å². The molecule has 0 bridgehead atoms. The summed E-state index contributed by atoms with van der Waals surface area (Å²) in [6, 6.07) is 60.7. The third-order valence-electron chi connectivity index (χ3n) is 12.7. The number of imidazole rings is 1. The van der Waals surface area contributed by atoms with Gasteiger partial charge in [-0.2, -0.15) is 0 Å². The molecule has 0 saturated carbocycles. The first kappa shape index (κ1) is 41.8. The molecule has 0 radical (unpaired) electrons. The zero-order valence-electron chi connectivity index (χ0n) is 38.9. The highest BCUT2D eigenvalue weighted by Crippen LogP contribution is 2.39. The van der Waals surface area contributed by atoms with Gasteiger partial charge in [0, 0.05) is 23.0 Å². The van der Waals surface area contributed by atoms with Crippen LogP contribution in [0.25, 0.3) is 72.3 Å². The van der Waals surface area contributed by atoms with Gasteiger partial charge in [0.25, 0.3) is 6.33 Å². The van der Waals surface area contributed by atoms with Gasteiger partial charge in [0.05, 0.1) is 33.4 Å². The van der Waals surface area contributed by atoms with Crippen molar-refractivity contribution < 1.29 is 9.30 Å². The van der Waals surface area contributed by atoms with Crippen molar-refractivity contribution in [2.45, 2.75) is 78.6 Å². The van der Waals surface area contributed by atoms with E-state index in [-0.39, 0.29) is 16.2 Å². The molecule has 0 atom stereocenters. The number of rotatable bonds is 7. The molecule has 0 aliphatic carbocycles. The zero-order chi connectivity index (χ0) is 45.3. The number of hydrogen-bond acceptors (Lipinski definition) is 2. The van der Waals surface area contributed by atoms with Crippen LogP contribution in [0.4, 0.5) is 0 Å². The van der Waals surface area contributed by atoms with Crippen molar-refractivity contribution in [1.82, 2.24) is 14.1 Å². The van der Waals surface area contributed by atoms with E-state index in [0.717, 1.165) is 67.3 Å². The number of nitrogens with zero attached hydrogens (tertiary/aromatic N) is 4. The van der Waals surface area contributed by atoms with Crippen LogP contribution in [0.5, 0.6) is 11.5 Å². The fourth-order valence-corrected chi connectivity index (χ4v) is 8.94. The number of hydrogen-bond donors (Lipinski definition) is 0. The van der Waals surface area contributed by atoms with Gasteiger partial charge in [-0.25, -0.2) is 4.98 Å². The molecular weight excluding hydrogens is 793 g/mol. The van der Waals surface area contributed by atoms with Gasteiger partial charge in [0.2, 0.25) is 0 Å². The average molecular weight is 849 g/mol. The Hall–Kier alpha value is -7.24. The third kappa shape index (κ3) is 7.90. The lowest BCUT2D eigenvalue weighted by Crippen LogP contribution is -2.32. The number of fused-ring (bicyclic) bond motifs is 4. The minimum Gasteiger partial charge on any atom is -0.458 e. The van der Waals surface area contributed by atoms with Crippen molar-refractivity contribution in [2.75, 3.05) is 0 Å². The van der Waals surface area contributed by atoms with Crippen molar-refractivity contribution >= 4 is 32.8 Å². The Morgan fingerprint density at radius 3 is 1.83 bits per heavy atom. The van der Waals surface area contributed by atoms with E-state index < -0.39 is 0 Å². The number of aromatic nitrogens is 4. The van der Waals surface area contributed by atoms with Crippen LogP contribution in [-0.4, -0.2) is 14.1 Å². The molecule has 5 heteroatoms. The Morgan fingerprint density at radius 2 is 1.14 bits per heavy atom. The van der Waals surface area contributed by atoms with E-state index in [0.29, 0.717) is 0 Å². The molecule has 10 aromatic rings. The van der Waals surface area contributed by atoms with E-state index in [1.807, 2.05) is 12.3 Å². The molecule has 0 N–H and O–H groups in total. The van der Waals surface area contributed by atoms with E-state index >= 15 is 0 Å². The van der Waals surface area contributed by atoms with Crippen LogP contribution < -0.4 is 9.30 Å². The van der Waals surface area contributed by atoms with Gasteiger partial charge in [-0.15, -0.1) is 0 Å². The first-order valence-electron chi connectivity index (χ1n) is 22.7. The Kier molecular flexibility index (Phi) is 10.1. The second-order valence-electron chi connectivity index (χ2n) is 20.4. The molecule has 65 heavy (non-hydrogen) atoms. The molecule has 0 amide bonds. The summed E-state index contributed by atoms with van der Waals surface area (Å²) < 4.78 is 13.6. The number of benzene rings is 7. The van der Waals surface area contributed by atoms with E-state index in [4.69, 9.17) is 9.72 Å². The monoisotopic (exact) mass is 848 g/mol. The normalized spacial score (nSPS) is 12.4. The van der Waals surface area contributed by atoms with Crippen LogP contribution in [-0.2, 0) is 16.2 Å². The molecule has 0 spiro atoms. The highest BCUT2D eigenvalue weighted by Gasteiger charge is 2.24. The van der Waals surface area contributed by atoms with Crippen LogP contribution in [0.1, 0.15) is 79.0 Å². The molecule has 0 fully saturated rings. The fourth-order valence-electron chi connectivity index (χ4n) is 8.94. The average Bonchev–Trinajstić information content (AvgIpc) is 3.85. The van der Waals surface area contributed by atoms with E-state index in [9.17, 15) is 0 Å². The first-order valence-corrected chi connectivity index (χ1v) is 22.7. The molecule has 7 aromatic carbocycles. The maximum absolute atomic E-state index is 6.84. The molecule has 322 valence electrons. The van der Waals surface area contributed by atoms with Gasteiger partial charge in [-0.1, -0.05) is 159 Å². The first-order chi connectivity index (χ1) is 31.1. The molecule has 10 rings (SSSR count). The summed E-state index contributed by atoms with van der Waals surface area (Å²) in [6.45, 7) is 20.5. The van der Waals surface area contributed by atoms with Gasteiger partial charge in [-0.3, -0.25) is 13.7 Å². The van der Waals surface area contributed by atoms with Crippen molar-refractivity contribution in [3.63, 3.8) is 0 Å². The van der Waals surface area contributed by atoms with Gasteiger partial charge < -0.3 is 4.74 Å². The standard InChI is InChI=1S/C60H56N4O/c1-58(2,3)43-30-31-61-56(36-43)64-53-29-26-42(40-18-12-10-13-19-40)32-52(53)51-28-27-49(38-55(51)64)65-48-23-16-22-46(37-48)62-39-63(47-34-44(59(4,5)6)33-45(35-47)60(7,8)9)57-50(24-17-25-54(57)62)41-20-14-11-15-21-41/h10-38H,1-9H3. The van der Waals surface area contributed by atoms with Crippen molar-refractivity contribution in [2.24, 2.45) is 0 Å². The molecule has 0 aliphatic rings. The second-order valence-corrected chi connectivity index (χ2v) is 20.4. The predicted octanol–water partition coefficient (Wildman–Crippen LogP) is 15.2. The Morgan fingerprint density at radius 1 is 0.477 bits per heavy atom. The quantitative estimate of drug-likeness (QED) is 0.118. The van der Waals surface area contributed by atoms with Crippen LogP contribution in [0.3, 0.4) is 0 Å². The third-order valence-corrected chi connectivity index (χ3v) is 12.7. The predicted molar refractivity (Wildman–Crippen MR) is 269 cm³/mol. The maximum atomic E-state index is 6.84. The molecule has 3 heterocycles. The van der Waals surface area contributed by atoms with Crippen molar-refractivity contribution in [3.05, 3.63) is 199 Å². The summed E-state index contributed by atoms with van der Waals surface area (Å²) in [4.78, 5) is 4.96. The van der Waals surface area contributed by atoms with E-state index in [1.54, 1.807) is 0 Å². The number of pyridine rings is 1. The summed E-state index contributed by atoms with van der Waals surface area (Å²) in [5.41, 5.74) is 14.7. The Labute approximate surface area is 383 Å². The van der Waals surface area contributed by atoms with E-state index in [2.05, 4.69) is 246 Å². The second kappa shape index (κ2) is 15.8. The minimum absolute atomic E-state index is 0.0348. The Bertz CT molecular complexity index is 3360. The number of para-hydroxylation sites is 1.